The quantitative estimate of drug-likeness (QED) is 0.674. The van der Waals surface area contributed by atoms with Gasteiger partial charge in [-0.1, -0.05) is 0 Å². The lowest BCUT2D eigenvalue weighted by Gasteiger charge is -2.18. The van der Waals surface area contributed by atoms with Crippen LogP contribution in [0.2, 0.25) is 0 Å². The zero-order valence-corrected chi connectivity index (χ0v) is 15.3. The fraction of sp³-hybridized carbons (Fsp3) is 0.333. The van der Waals surface area contributed by atoms with E-state index in [-0.39, 0.29) is 11.3 Å². The number of nitrogens with one attached hydrogen (secondary N) is 2. The summed E-state index contributed by atoms with van der Waals surface area (Å²) in [5, 5.41) is 14.2. The number of aromatic nitrogens is 1. The van der Waals surface area contributed by atoms with Crippen LogP contribution in [0.1, 0.15) is 34.6 Å². The van der Waals surface area contributed by atoms with Gasteiger partial charge in [0.05, 0.1) is 0 Å². The van der Waals surface area contributed by atoms with Gasteiger partial charge < -0.3 is 20.3 Å². The van der Waals surface area contributed by atoms with Gasteiger partial charge in [0.25, 0.3) is 11.8 Å². The van der Waals surface area contributed by atoms with E-state index in [2.05, 4.69) is 5.32 Å². The molecule has 2 rings (SSSR count). The third-order valence-corrected chi connectivity index (χ3v) is 4.09. The van der Waals surface area contributed by atoms with Crippen molar-refractivity contribution in [2.24, 2.45) is 7.05 Å². The minimum atomic E-state index is -4.65. The second kappa shape index (κ2) is 8.01. The normalized spacial score (nSPS) is 13.7. The van der Waals surface area contributed by atoms with Gasteiger partial charge in [0, 0.05) is 24.5 Å². The van der Waals surface area contributed by atoms with Crippen molar-refractivity contribution in [1.29, 1.82) is 0 Å². The number of hydrogen-bond acceptors (Lipinski definition) is 3. The number of nitrogens with zero attached hydrogens (tertiary/aromatic N) is 1. The number of halogens is 4. The number of carbonyl (C=O) groups excluding carboxylic acids is 2. The molecule has 0 saturated heterocycles. The summed E-state index contributed by atoms with van der Waals surface area (Å²) in [7, 11) is 1.47. The maximum atomic E-state index is 13.3. The Morgan fingerprint density at radius 3 is 2.43 bits per heavy atom. The molecule has 3 N–H and O–H groups in total. The number of benzene rings is 1. The predicted molar refractivity (Wildman–Crippen MR) is 93.1 cm³/mol. The Balaban J connectivity index is 2.13. The molecule has 0 bridgehead atoms. The molecular weight excluding hydrogens is 382 g/mol. The molecule has 2 amide bonds. The van der Waals surface area contributed by atoms with Gasteiger partial charge in [0.15, 0.2) is 6.10 Å². The Labute approximate surface area is 158 Å². The topological polar surface area (TPSA) is 83.4 Å². The van der Waals surface area contributed by atoms with Crippen LogP contribution in [0.5, 0.6) is 0 Å². The van der Waals surface area contributed by atoms with E-state index in [4.69, 9.17) is 0 Å². The smallest absolute Gasteiger partial charge is 0.378 e. The van der Waals surface area contributed by atoms with Crippen LogP contribution in [0.25, 0.3) is 0 Å². The number of hydrogen-bond donors (Lipinski definition) is 3. The monoisotopic (exact) mass is 401 g/mol. The van der Waals surface area contributed by atoms with Gasteiger partial charge in [0.1, 0.15) is 17.6 Å². The zero-order chi connectivity index (χ0) is 21.2. The molecule has 1 unspecified atom stereocenters. The highest BCUT2D eigenvalue weighted by atomic mass is 19.4. The standard InChI is InChI=1S/C18H19F4N3O3/c1-9-6-12(4-5-13(9)19)24-16(27)14-7-11(8-25(14)3)15(26)17(28)23-10(2)18(20,21)22/h4-8,10,15,26H,1-3H3,(H,23,28)(H,24,27)/t10-,15?/m1/s1. The largest absolute Gasteiger partial charge is 0.408 e. The number of rotatable bonds is 5. The maximum Gasteiger partial charge on any atom is 0.408 e. The van der Waals surface area contributed by atoms with Crippen molar-refractivity contribution in [2.45, 2.75) is 32.2 Å². The Kier molecular flexibility index (Phi) is 6.13. The van der Waals surface area contributed by atoms with Gasteiger partial charge in [-0.2, -0.15) is 13.2 Å². The molecule has 10 heteroatoms. The summed E-state index contributed by atoms with van der Waals surface area (Å²) in [6.07, 6.45) is -5.27. The average molecular weight is 401 g/mol. The van der Waals surface area contributed by atoms with Gasteiger partial charge in [-0.3, -0.25) is 9.59 Å². The third-order valence-electron chi connectivity index (χ3n) is 4.09. The molecule has 0 aliphatic heterocycles. The van der Waals surface area contributed by atoms with Gasteiger partial charge in [0.2, 0.25) is 0 Å². The van der Waals surface area contributed by atoms with E-state index in [0.717, 1.165) is 6.92 Å². The van der Waals surface area contributed by atoms with Crippen molar-refractivity contribution in [3.05, 3.63) is 53.1 Å². The van der Waals surface area contributed by atoms with Crippen molar-refractivity contribution in [3.8, 4) is 0 Å². The number of aliphatic hydroxyl groups is 1. The molecular formula is C18H19F4N3O3. The number of aliphatic hydroxyl groups excluding tert-OH is 1. The number of carbonyl (C=O) groups is 2. The number of alkyl halides is 3. The second-order valence-corrected chi connectivity index (χ2v) is 6.36. The Bertz CT molecular complexity index is 893. The highest BCUT2D eigenvalue weighted by Crippen LogP contribution is 2.22. The third kappa shape index (κ3) is 4.89. The van der Waals surface area contributed by atoms with Gasteiger partial charge in [-0.05, 0) is 43.7 Å². The first-order valence-electron chi connectivity index (χ1n) is 8.19. The van der Waals surface area contributed by atoms with Crippen molar-refractivity contribution in [3.63, 3.8) is 0 Å². The molecule has 1 aromatic heterocycles. The molecule has 6 nitrogen and oxygen atoms in total. The fourth-order valence-corrected chi connectivity index (χ4v) is 2.41. The van der Waals surface area contributed by atoms with Crippen LogP contribution in [0.3, 0.4) is 0 Å². The van der Waals surface area contributed by atoms with E-state index in [0.29, 0.717) is 11.3 Å². The van der Waals surface area contributed by atoms with Crippen LogP contribution in [-0.2, 0) is 11.8 Å². The summed E-state index contributed by atoms with van der Waals surface area (Å²) in [5.41, 5.74) is 0.669. The summed E-state index contributed by atoms with van der Waals surface area (Å²) in [4.78, 5) is 24.2. The van der Waals surface area contributed by atoms with Crippen molar-refractivity contribution in [1.82, 2.24) is 9.88 Å². The summed E-state index contributed by atoms with van der Waals surface area (Å²) in [6.45, 7) is 2.28. The van der Waals surface area contributed by atoms with E-state index in [1.807, 2.05) is 0 Å². The van der Waals surface area contributed by atoms with Crippen LogP contribution in [0.15, 0.2) is 30.5 Å². The molecule has 0 aliphatic rings. The second-order valence-electron chi connectivity index (χ2n) is 6.36. The fourth-order valence-electron chi connectivity index (χ4n) is 2.41. The predicted octanol–water partition coefficient (Wildman–Crippen LogP) is 2.83. The Morgan fingerprint density at radius 1 is 1.21 bits per heavy atom. The summed E-state index contributed by atoms with van der Waals surface area (Å²) < 4.78 is 52.2. The highest BCUT2D eigenvalue weighted by Gasteiger charge is 2.38. The highest BCUT2D eigenvalue weighted by molar-refractivity contribution is 6.03. The Hall–Kier alpha value is -2.88. The molecule has 0 fully saturated rings. The number of amides is 2. The van der Waals surface area contributed by atoms with E-state index in [1.165, 1.54) is 49.0 Å². The van der Waals surface area contributed by atoms with Crippen LogP contribution in [-0.4, -0.2) is 33.7 Å². The first kappa shape index (κ1) is 21.4. The first-order chi connectivity index (χ1) is 12.9. The molecule has 152 valence electrons. The van der Waals surface area contributed by atoms with Crippen molar-refractivity contribution >= 4 is 17.5 Å². The molecule has 2 atom stereocenters. The van der Waals surface area contributed by atoms with Crippen LogP contribution < -0.4 is 10.6 Å². The van der Waals surface area contributed by atoms with Crippen LogP contribution in [0.4, 0.5) is 23.2 Å². The van der Waals surface area contributed by atoms with E-state index >= 15 is 0 Å². The molecule has 0 radical (unpaired) electrons. The SMILES string of the molecule is Cc1cc(NC(=O)c2cc(C(O)C(=O)N[C@H](C)C(F)(F)F)cn2C)ccc1F. The molecule has 0 saturated carbocycles. The average Bonchev–Trinajstić information content (AvgIpc) is 2.98. The van der Waals surface area contributed by atoms with E-state index in [9.17, 15) is 32.3 Å². The minimum absolute atomic E-state index is 0.0465. The summed E-state index contributed by atoms with van der Waals surface area (Å²) >= 11 is 0. The van der Waals surface area contributed by atoms with Crippen LogP contribution in [0, 0.1) is 12.7 Å². The molecule has 1 heterocycles. The lowest BCUT2D eigenvalue weighted by molar-refractivity contribution is -0.161. The summed E-state index contributed by atoms with van der Waals surface area (Å²) in [6, 6.07) is 3.04. The van der Waals surface area contributed by atoms with Crippen molar-refractivity contribution in [2.75, 3.05) is 5.32 Å². The van der Waals surface area contributed by atoms with Gasteiger partial charge in [-0.25, -0.2) is 4.39 Å². The lowest BCUT2D eigenvalue weighted by Crippen LogP contribution is -2.44. The molecule has 28 heavy (non-hydrogen) atoms. The number of aryl methyl sites for hydroxylation is 2. The zero-order valence-electron chi connectivity index (χ0n) is 15.3. The number of anilines is 1. The van der Waals surface area contributed by atoms with E-state index in [1.54, 1.807) is 5.32 Å². The minimum Gasteiger partial charge on any atom is -0.378 e. The maximum absolute atomic E-state index is 13.3. The lowest BCUT2D eigenvalue weighted by atomic mass is 10.1. The first-order valence-corrected chi connectivity index (χ1v) is 8.19. The van der Waals surface area contributed by atoms with Gasteiger partial charge >= 0.3 is 6.18 Å². The van der Waals surface area contributed by atoms with Crippen LogP contribution >= 0.6 is 0 Å². The molecule has 0 spiro atoms. The molecule has 2 aromatic rings. The molecule has 1 aromatic carbocycles. The van der Waals surface area contributed by atoms with Gasteiger partial charge in [-0.15, -0.1) is 0 Å². The van der Waals surface area contributed by atoms with E-state index < -0.39 is 36.0 Å². The Morgan fingerprint density at radius 2 is 1.86 bits per heavy atom. The summed E-state index contributed by atoms with van der Waals surface area (Å²) in [5.74, 6) is -2.27. The van der Waals surface area contributed by atoms with Crippen molar-refractivity contribution < 1.29 is 32.3 Å². The molecule has 0 aliphatic carbocycles.